The maximum Gasteiger partial charge on any atom is 0.327 e. The quantitative estimate of drug-likeness (QED) is 0.0778. The van der Waals surface area contributed by atoms with Gasteiger partial charge in [0.25, 0.3) is 0 Å². The van der Waals surface area contributed by atoms with Crippen molar-refractivity contribution in [1.29, 1.82) is 0 Å². The third-order valence-corrected chi connectivity index (χ3v) is 5.66. The Hall–Kier alpha value is -2.68. The van der Waals surface area contributed by atoms with Crippen molar-refractivity contribution in [1.82, 2.24) is 25.9 Å². The van der Waals surface area contributed by atoms with Crippen molar-refractivity contribution in [2.24, 2.45) is 17.2 Å². The summed E-state index contributed by atoms with van der Waals surface area (Å²) in [5, 5.41) is 16.9. The van der Waals surface area contributed by atoms with Crippen LogP contribution in [0.1, 0.15) is 44.2 Å². The second-order valence-corrected chi connectivity index (χ2v) is 8.53. The SMILES string of the molecule is NCCCCC(N)C(=O)NC(Cc1cnc[nH]1)C(=O)NC(CCCCN)C(=O)NC(CS)C(=O)O. The zero-order valence-corrected chi connectivity index (χ0v) is 20.6. The number of carbonyl (C=O) groups excluding carboxylic acids is 3. The van der Waals surface area contributed by atoms with Crippen LogP contribution in [0.2, 0.25) is 0 Å². The molecule has 14 heteroatoms. The maximum atomic E-state index is 13.2. The number of aliphatic carboxylic acids is 1. The van der Waals surface area contributed by atoms with Crippen molar-refractivity contribution in [3.05, 3.63) is 18.2 Å². The Morgan fingerprint density at radius 2 is 1.49 bits per heavy atom. The number of nitrogens with two attached hydrogens (primary N) is 3. The number of aromatic nitrogens is 2. The minimum atomic E-state index is -1.24. The second-order valence-electron chi connectivity index (χ2n) is 8.16. The third kappa shape index (κ3) is 11.5. The van der Waals surface area contributed by atoms with Gasteiger partial charge in [-0.2, -0.15) is 12.6 Å². The zero-order valence-electron chi connectivity index (χ0n) is 19.7. The van der Waals surface area contributed by atoms with E-state index in [1.54, 1.807) is 0 Å². The lowest BCUT2D eigenvalue weighted by molar-refractivity contribution is -0.141. The van der Waals surface area contributed by atoms with Gasteiger partial charge in [-0.25, -0.2) is 9.78 Å². The van der Waals surface area contributed by atoms with E-state index in [-0.39, 0.29) is 18.6 Å². The average Bonchev–Trinajstić information content (AvgIpc) is 3.34. The summed E-state index contributed by atoms with van der Waals surface area (Å²) in [5.41, 5.74) is 17.6. The van der Waals surface area contributed by atoms with Gasteiger partial charge in [0, 0.05) is 24.1 Å². The van der Waals surface area contributed by atoms with Crippen LogP contribution in [-0.2, 0) is 25.6 Å². The summed E-state index contributed by atoms with van der Waals surface area (Å²) in [7, 11) is 0. The summed E-state index contributed by atoms with van der Waals surface area (Å²) < 4.78 is 0. The number of thiol groups is 1. The highest BCUT2D eigenvalue weighted by molar-refractivity contribution is 7.80. The van der Waals surface area contributed by atoms with Crippen LogP contribution >= 0.6 is 12.6 Å². The van der Waals surface area contributed by atoms with Gasteiger partial charge in [-0.3, -0.25) is 14.4 Å². The predicted molar refractivity (Wildman–Crippen MR) is 133 cm³/mol. The largest absolute Gasteiger partial charge is 0.480 e. The van der Waals surface area contributed by atoms with Crippen LogP contribution in [0.4, 0.5) is 0 Å². The van der Waals surface area contributed by atoms with Crippen LogP contribution in [0.15, 0.2) is 12.5 Å². The molecule has 11 N–H and O–H groups in total. The molecule has 4 unspecified atom stereocenters. The van der Waals surface area contributed by atoms with Gasteiger partial charge in [-0.15, -0.1) is 0 Å². The third-order valence-electron chi connectivity index (χ3n) is 5.29. The van der Waals surface area contributed by atoms with Crippen LogP contribution < -0.4 is 33.2 Å². The van der Waals surface area contributed by atoms with Gasteiger partial charge in [0.2, 0.25) is 17.7 Å². The number of nitrogens with one attached hydrogen (secondary N) is 4. The molecule has 0 saturated heterocycles. The Morgan fingerprint density at radius 1 is 0.914 bits per heavy atom. The molecule has 1 heterocycles. The van der Waals surface area contributed by atoms with Crippen molar-refractivity contribution < 1.29 is 24.3 Å². The predicted octanol–water partition coefficient (Wildman–Crippen LogP) is -1.99. The fraction of sp³-hybridized carbons (Fsp3) is 0.667. The van der Waals surface area contributed by atoms with Crippen LogP contribution in [0.5, 0.6) is 0 Å². The topological polar surface area (TPSA) is 231 Å². The standard InChI is InChI=1S/C21H38N8O5S/c22-7-3-1-5-14(24)18(30)28-16(9-13-10-25-12-26-13)20(32)27-15(6-2-4-8-23)19(31)29-17(11-35)21(33)34/h10,12,14-17,35H,1-9,11,22-24H2,(H,25,26)(H,27,32)(H,28,30)(H,29,31)(H,33,34). The fourth-order valence-electron chi connectivity index (χ4n) is 3.24. The number of unbranched alkanes of at least 4 members (excludes halogenated alkanes) is 2. The molecule has 0 spiro atoms. The molecule has 13 nitrogen and oxygen atoms in total. The lowest BCUT2D eigenvalue weighted by atomic mass is 10.0. The van der Waals surface area contributed by atoms with E-state index in [1.807, 2.05) is 0 Å². The molecular formula is C21H38N8O5S. The van der Waals surface area contributed by atoms with Crippen LogP contribution in [-0.4, -0.2) is 81.8 Å². The van der Waals surface area contributed by atoms with Crippen molar-refractivity contribution in [3.63, 3.8) is 0 Å². The molecule has 1 aromatic heterocycles. The second kappa shape index (κ2) is 16.9. The Balaban J connectivity index is 2.97. The van der Waals surface area contributed by atoms with Crippen LogP contribution in [0.25, 0.3) is 0 Å². The van der Waals surface area contributed by atoms with Gasteiger partial charge in [0.15, 0.2) is 0 Å². The lowest BCUT2D eigenvalue weighted by Gasteiger charge is -2.25. The number of hydrogen-bond acceptors (Lipinski definition) is 9. The molecule has 0 radical (unpaired) electrons. The number of H-pyrrole nitrogens is 1. The molecule has 1 rings (SSSR count). The number of hydrogen-bond donors (Lipinski definition) is 9. The van der Waals surface area contributed by atoms with E-state index < -0.39 is 47.9 Å². The van der Waals surface area contributed by atoms with E-state index in [0.29, 0.717) is 44.5 Å². The summed E-state index contributed by atoms with van der Waals surface area (Å²) in [5.74, 6) is -3.15. The highest BCUT2D eigenvalue weighted by atomic mass is 32.1. The zero-order chi connectivity index (χ0) is 26.2. The number of rotatable bonds is 18. The first-order chi connectivity index (χ1) is 16.7. The molecule has 4 atom stereocenters. The minimum Gasteiger partial charge on any atom is -0.480 e. The highest BCUT2D eigenvalue weighted by Crippen LogP contribution is 2.06. The number of carbonyl (C=O) groups is 4. The molecule has 0 aliphatic carbocycles. The van der Waals surface area contributed by atoms with Gasteiger partial charge in [0.05, 0.1) is 12.4 Å². The van der Waals surface area contributed by atoms with E-state index in [9.17, 15) is 24.3 Å². The molecular weight excluding hydrogens is 476 g/mol. The van der Waals surface area contributed by atoms with Crippen molar-refractivity contribution in [2.75, 3.05) is 18.8 Å². The summed E-state index contributed by atoms with van der Waals surface area (Å²) in [6, 6.07) is -4.12. The maximum absolute atomic E-state index is 13.2. The van der Waals surface area contributed by atoms with E-state index in [4.69, 9.17) is 17.2 Å². The Kier molecular flexibility index (Phi) is 14.6. The molecule has 0 bridgehead atoms. The van der Waals surface area contributed by atoms with Crippen molar-refractivity contribution in [3.8, 4) is 0 Å². The number of carboxylic acids is 1. The molecule has 0 aliphatic heterocycles. The van der Waals surface area contributed by atoms with E-state index in [0.717, 1.165) is 6.42 Å². The first kappa shape index (κ1) is 30.4. The van der Waals surface area contributed by atoms with E-state index in [1.165, 1.54) is 12.5 Å². The monoisotopic (exact) mass is 514 g/mol. The van der Waals surface area contributed by atoms with Crippen LogP contribution in [0.3, 0.4) is 0 Å². The van der Waals surface area contributed by atoms with Gasteiger partial charge in [-0.1, -0.05) is 6.42 Å². The van der Waals surface area contributed by atoms with Gasteiger partial charge < -0.3 is 43.2 Å². The smallest absolute Gasteiger partial charge is 0.327 e. The Morgan fingerprint density at radius 3 is 2.03 bits per heavy atom. The summed E-state index contributed by atoms with van der Waals surface area (Å²) in [4.78, 5) is 56.7. The Labute approximate surface area is 210 Å². The number of amides is 3. The molecule has 0 saturated carbocycles. The van der Waals surface area contributed by atoms with Gasteiger partial charge >= 0.3 is 5.97 Å². The summed E-state index contributed by atoms with van der Waals surface area (Å²) in [6.07, 6.45) is 6.21. The molecule has 198 valence electrons. The van der Waals surface area contributed by atoms with E-state index >= 15 is 0 Å². The Bertz CT molecular complexity index is 795. The number of imidazole rings is 1. The lowest BCUT2D eigenvalue weighted by Crippen LogP contribution is -2.57. The first-order valence-corrected chi connectivity index (χ1v) is 12.2. The van der Waals surface area contributed by atoms with E-state index in [2.05, 4.69) is 38.5 Å². The summed E-state index contributed by atoms with van der Waals surface area (Å²) in [6.45, 7) is 0.889. The summed E-state index contributed by atoms with van der Waals surface area (Å²) >= 11 is 3.95. The molecule has 0 aliphatic rings. The molecule has 35 heavy (non-hydrogen) atoms. The van der Waals surface area contributed by atoms with Crippen molar-refractivity contribution in [2.45, 2.75) is 69.1 Å². The van der Waals surface area contributed by atoms with Gasteiger partial charge in [0.1, 0.15) is 18.1 Å². The van der Waals surface area contributed by atoms with Gasteiger partial charge in [-0.05, 0) is 45.2 Å². The van der Waals surface area contributed by atoms with Crippen molar-refractivity contribution >= 4 is 36.3 Å². The minimum absolute atomic E-state index is 0.0820. The molecule has 0 aromatic carbocycles. The van der Waals surface area contributed by atoms with Crippen LogP contribution in [0, 0.1) is 0 Å². The fourth-order valence-corrected chi connectivity index (χ4v) is 3.48. The molecule has 1 aromatic rings. The average molecular weight is 515 g/mol. The first-order valence-electron chi connectivity index (χ1n) is 11.6. The normalized spacial score (nSPS) is 14.4. The number of nitrogens with zero attached hydrogens (tertiary/aromatic N) is 1. The molecule has 3 amide bonds. The number of aromatic amines is 1. The highest BCUT2D eigenvalue weighted by Gasteiger charge is 2.30. The number of carboxylic acid groups (broad SMARTS) is 1. The molecule has 0 fully saturated rings.